The molecule has 0 bridgehead atoms. The van der Waals surface area contributed by atoms with E-state index in [0.717, 1.165) is 50.0 Å². The number of carbonyl (C=O) groups is 3. The normalized spacial score (nSPS) is 31.7. The van der Waals surface area contributed by atoms with Gasteiger partial charge in [-0.25, -0.2) is 0 Å². The summed E-state index contributed by atoms with van der Waals surface area (Å²) in [6, 6.07) is 5.35. The molecule has 1 unspecified atom stereocenters. The molecular weight excluding hydrogens is 422 g/mol. The van der Waals surface area contributed by atoms with Gasteiger partial charge in [-0.3, -0.25) is 19.7 Å². The molecule has 178 valence electrons. The predicted octanol–water partition coefficient (Wildman–Crippen LogP) is 2.15. The molecule has 8 nitrogen and oxygen atoms in total. The molecule has 3 amide bonds. The van der Waals surface area contributed by atoms with Gasteiger partial charge in [0.05, 0.1) is 6.10 Å². The van der Waals surface area contributed by atoms with E-state index in [-0.39, 0.29) is 30.2 Å². The lowest BCUT2D eigenvalue weighted by atomic mass is 9.81. The topological polar surface area (TPSA) is 97.0 Å². The van der Waals surface area contributed by atoms with Crippen molar-refractivity contribution >= 4 is 17.7 Å². The molecule has 1 aromatic carbocycles. The summed E-state index contributed by atoms with van der Waals surface area (Å²) in [5, 5.41) is 6.09. The van der Waals surface area contributed by atoms with Gasteiger partial charge in [0, 0.05) is 31.7 Å². The first-order chi connectivity index (χ1) is 16.0. The first kappa shape index (κ1) is 22.3. The molecule has 2 heterocycles. The Kier molecular flexibility index (Phi) is 6.38. The lowest BCUT2D eigenvalue weighted by molar-refractivity contribution is -0.136. The molecule has 0 radical (unpaired) electrons. The minimum atomic E-state index is -0.594. The van der Waals surface area contributed by atoms with E-state index in [4.69, 9.17) is 9.47 Å². The van der Waals surface area contributed by atoms with Gasteiger partial charge in [-0.05, 0) is 74.8 Å². The summed E-state index contributed by atoms with van der Waals surface area (Å²) in [5.74, 6) is 0.638. The first-order valence-electron chi connectivity index (χ1n) is 12.2. The number of methoxy groups -OCH3 is 1. The zero-order valence-electron chi connectivity index (χ0n) is 19.2. The van der Waals surface area contributed by atoms with Crippen molar-refractivity contribution in [3.8, 4) is 5.75 Å². The second-order valence-electron chi connectivity index (χ2n) is 9.87. The zero-order chi connectivity index (χ0) is 22.9. The number of imide groups is 1. The highest BCUT2D eigenvalue weighted by molar-refractivity contribution is 6.05. The second kappa shape index (κ2) is 9.43. The van der Waals surface area contributed by atoms with Gasteiger partial charge in [0.1, 0.15) is 17.9 Å². The van der Waals surface area contributed by atoms with Crippen molar-refractivity contribution in [3.05, 3.63) is 29.3 Å². The van der Waals surface area contributed by atoms with Gasteiger partial charge < -0.3 is 19.7 Å². The van der Waals surface area contributed by atoms with Crippen molar-refractivity contribution in [2.24, 2.45) is 5.92 Å². The van der Waals surface area contributed by atoms with Crippen molar-refractivity contribution in [1.29, 1.82) is 0 Å². The van der Waals surface area contributed by atoms with Crippen LogP contribution in [0.3, 0.4) is 0 Å². The number of hydrogen-bond acceptors (Lipinski definition) is 6. The number of ether oxygens (including phenoxy) is 2. The Hall–Kier alpha value is -2.45. The monoisotopic (exact) mass is 455 g/mol. The molecule has 33 heavy (non-hydrogen) atoms. The fraction of sp³-hybridized carbons (Fsp3) is 0.640. The third-order valence-electron chi connectivity index (χ3n) is 7.68. The van der Waals surface area contributed by atoms with Gasteiger partial charge in [-0.15, -0.1) is 0 Å². The van der Waals surface area contributed by atoms with E-state index in [2.05, 4.69) is 10.6 Å². The quantitative estimate of drug-likeness (QED) is 0.612. The van der Waals surface area contributed by atoms with Crippen LogP contribution >= 0.6 is 0 Å². The first-order valence-corrected chi connectivity index (χ1v) is 12.2. The van der Waals surface area contributed by atoms with Crippen molar-refractivity contribution < 1.29 is 23.9 Å². The summed E-state index contributed by atoms with van der Waals surface area (Å²) in [4.78, 5) is 38.2. The SMILES string of the molecule is CO[C@H]1C[C@H](CN[C@@H]2CCCC[C@H]2Oc2ccc3c(c2)CN(C2CCC(=O)NC2=O)C3=O)C1. The van der Waals surface area contributed by atoms with Crippen LogP contribution in [0.5, 0.6) is 5.75 Å². The molecule has 2 aliphatic heterocycles. The summed E-state index contributed by atoms with van der Waals surface area (Å²) in [7, 11) is 1.79. The van der Waals surface area contributed by atoms with E-state index in [1.54, 1.807) is 12.0 Å². The predicted molar refractivity (Wildman–Crippen MR) is 121 cm³/mol. The Balaban J connectivity index is 1.21. The third-order valence-corrected chi connectivity index (χ3v) is 7.68. The molecule has 2 N–H and O–H groups in total. The van der Waals surface area contributed by atoms with Crippen LogP contribution in [0, 0.1) is 5.92 Å². The van der Waals surface area contributed by atoms with E-state index in [1.165, 1.54) is 6.42 Å². The molecule has 2 aliphatic carbocycles. The molecule has 3 fully saturated rings. The number of amides is 3. The van der Waals surface area contributed by atoms with Crippen LogP contribution in [-0.4, -0.2) is 60.6 Å². The molecule has 5 rings (SSSR count). The lowest BCUT2D eigenvalue weighted by Gasteiger charge is -2.38. The Labute approximate surface area is 194 Å². The third kappa shape index (κ3) is 4.64. The summed E-state index contributed by atoms with van der Waals surface area (Å²) in [6.45, 7) is 1.37. The van der Waals surface area contributed by atoms with E-state index >= 15 is 0 Å². The van der Waals surface area contributed by atoms with Crippen LogP contribution in [0.15, 0.2) is 18.2 Å². The summed E-state index contributed by atoms with van der Waals surface area (Å²) in [5.41, 5.74) is 1.49. The van der Waals surface area contributed by atoms with Crippen LogP contribution < -0.4 is 15.4 Å². The van der Waals surface area contributed by atoms with Crippen LogP contribution in [-0.2, 0) is 20.9 Å². The molecule has 3 atom stereocenters. The smallest absolute Gasteiger partial charge is 0.255 e. The van der Waals surface area contributed by atoms with E-state index in [9.17, 15) is 14.4 Å². The number of benzene rings is 1. The minimum Gasteiger partial charge on any atom is -0.489 e. The van der Waals surface area contributed by atoms with Crippen molar-refractivity contribution in [1.82, 2.24) is 15.5 Å². The number of carbonyl (C=O) groups excluding carboxylic acids is 3. The lowest BCUT2D eigenvalue weighted by Crippen LogP contribution is -2.52. The zero-order valence-corrected chi connectivity index (χ0v) is 19.2. The van der Waals surface area contributed by atoms with Gasteiger partial charge in [-0.1, -0.05) is 6.42 Å². The fourth-order valence-electron chi connectivity index (χ4n) is 5.62. The van der Waals surface area contributed by atoms with E-state index in [0.29, 0.717) is 36.6 Å². The second-order valence-corrected chi connectivity index (χ2v) is 9.87. The van der Waals surface area contributed by atoms with Gasteiger partial charge in [0.15, 0.2) is 0 Å². The molecule has 4 aliphatic rings. The van der Waals surface area contributed by atoms with Gasteiger partial charge in [-0.2, -0.15) is 0 Å². The largest absolute Gasteiger partial charge is 0.489 e. The average Bonchev–Trinajstić information content (AvgIpc) is 3.09. The number of piperidine rings is 1. The maximum atomic E-state index is 12.9. The van der Waals surface area contributed by atoms with Gasteiger partial charge >= 0.3 is 0 Å². The number of hydrogen-bond donors (Lipinski definition) is 2. The summed E-state index contributed by atoms with van der Waals surface area (Å²) >= 11 is 0. The highest BCUT2D eigenvalue weighted by Crippen LogP contribution is 2.33. The minimum absolute atomic E-state index is 0.110. The Morgan fingerprint density at radius 2 is 1.94 bits per heavy atom. The van der Waals surface area contributed by atoms with Crippen LogP contribution in [0.1, 0.15) is 67.3 Å². The number of nitrogens with zero attached hydrogens (tertiary/aromatic N) is 1. The maximum absolute atomic E-state index is 12.9. The van der Waals surface area contributed by atoms with Crippen molar-refractivity contribution in [2.45, 2.75) is 82.2 Å². The Morgan fingerprint density at radius 1 is 1.12 bits per heavy atom. The number of nitrogens with one attached hydrogen (secondary N) is 2. The molecule has 1 aromatic rings. The van der Waals surface area contributed by atoms with E-state index < -0.39 is 6.04 Å². The van der Waals surface area contributed by atoms with Crippen LogP contribution in [0.2, 0.25) is 0 Å². The standard InChI is InChI=1S/C25H33N3O5/c1-32-18-10-15(11-18)13-26-20-4-2-3-5-22(20)33-17-6-7-19-16(12-17)14-28(25(19)31)21-8-9-23(29)27-24(21)30/h6-7,12,15,18,20-22,26H,2-5,8-11,13-14H2,1H3,(H,27,29,30)/t15-,18-,20-,21?,22-/m1/s1. The van der Waals surface area contributed by atoms with Crippen LogP contribution in [0.4, 0.5) is 0 Å². The molecular formula is C25H33N3O5. The number of rotatable bonds is 7. The van der Waals surface area contributed by atoms with Crippen molar-refractivity contribution in [3.63, 3.8) is 0 Å². The summed E-state index contributed by atoms with van der Waals surface area (Å²) in [6.07, 6.45) is 7.91. The Bertz CT molecular complexity index is 929. The maximum Gasteiger partial charge on any atom is 0.255 e. The molecule has 8 heteroatoms. The Morgan fingerprint density at radius 3 is 2.73 bits per heavy atom. The molecule has 0 aromatic heterocycles. The van der Waals surface area contributed by atoms with E-state index in [1.807, 2.05) is 18.2 Å². The number of fused-ring (bicyclic) bond motifs is 1. The van der Waals surface area contributed by atoms with Crippen molar-refractivity contribution in [2.75, 3.05) is 13.7 Å². The van der Waals surface area contributed by atoms with Gasteiger partial charge in [0.2, 0.25) is 11.8 Å². The molecule has 2 saturated carbocycles. The van der Waals surface area contributed by atoms with Crippen LogP contribution in [0.25, 0.3) is 0 Å². The van der Waals surface area contributed by atoms with Gasteiger partial charge in [0.25, 0.3) is 5.91 Å². The highest BCUT2D eigenvalue weighted by Gasteiger charge is 2.39. The molecule has 1 saturated heterocycles. The molecule has 0 spiro atoms. The fourth-order valence-corrected chi connectivity index (χ4v) is 5.62. The highest BCUT2D eigenvalue weighted by atomic mass is 16.5. The summed E-state index contributed by atoms with van der Waals surface area (Å²) < 4.78 is 11.8. The average molecular weight is 456 g/mol.